The molecule has 0 spiro atoms. The van der Waals surface area contributed by atoms with Crippen LogP contribution in [0.5, 0.6) is 0 Å². The third kappa shape index (κ3) is 2.74. The SMILES string of the molecule is CC(C)(P)c1ccc(N2CC3C=CC(N)=C[C@]3(C)C2)cc1. The molecule has 3 heteroatoms. The van der Waals surface area contributed by atoms with E-state index in [2.05, 4.69) is 77.4 Å². The summed E-state index contributed by atoms with van der Waals surface area (Å²) >= 11 is 0. The van der Waals surface area contributed by atoms with Gasteiger partial charge in [0, 0.05) is 41.0 Å². The summed E-state index contributed by atoms with van der Waals surface area (Å²) in [5.41, 5.74) is 9.70. The van der Waals surface area contributed by atoms with E-state index < -0.39 is 0 Å². The summed E-state index contributed by atoms with van der Waals surface area (Å²) in [7, 11) is 2.90. The van der Waals surface area contributed by atoms with Crippen molar-refractivity contribution in [3.8, 4) is 0 Å². The van der Waals surface area contributed by atoms with Gasteiger partial charge in [0.2, 0.25) is 0 Å². The van der Waals surface area contributed by atoms with Gasteiger partial charge in [0.15, 0.2) is 0 Å². The topological polar surface area (TPSA) is 29.3 Å². The molecule has 0 aromatic heterocycles. The normalized spacial score (nSPS) is 28.5. The van der Waals surface area contributed by atoms with Crippen molar-refractivity contribution in [1.82, 2.24) is 0 Å². The zero-order valence-corrected chi connectivity index (χ0v) is 14.3. The zero-order chi connectivity index (χ0) is 15.3. The minimum Gasteiger partial charge on any atom is -0.399 e. The fraction of sp³-hybridized carbons (Fsp3) is 0.444. The number of hydrogen-bond donors (Lipinski definition) is 1. The second kappa shape index (κ2) is 4.88. The molecule has 1 fully saturated rings. The summed E-state index contributed by atoms with van der Waals surface area (Å²) in [6.45, 7) is 8.86. The molecule has 2 N–H and O–H groups in total. The average Bonchev–Trinajstić information content (AvgIpc) is 2.74. The molecule has 0 radical (unpaired) electrons. The summed E-state index contributed by atoms with van der Waals surface area (Å²) < 4.78 is 0. The van der Waals surface area contributed by atoms with E-state index >= 15 is 0 Å². The molecule has 21 heavy (non-hydrogen) atoms. The zero-order valence-electron chi connectivity index (χ0n) is 13.1. The Hall–Kier alpha value is -1.27. The van der Waals surface area contributed by atoms with Crippen molar-refractivity contribution in [2.75, 3.05) is 18.0 Å². The Labute approximate surface area is 130 Å². The number of allylic oxidation sites excluding steroid dienone is 1. The molecule has 3 atom stereocenters. The quantitative estimate of drug-likeness (QED) is 0.845. The third-order valence-corrected chi connectivity index (χ3v) is 5.12. The Balaban J connectivity index is 1.82. The van der Waals surface area contributed by atoms with E-state index in [-0.39, 0.29) is 10.6 Å². The Morgan fingerprint density at radius 3 is 2.57 bits per heavy atom. The van der Waals surface area contributed by atoms with Gasteiger partial charge >= 0.3 is 0 Å². The second-order valence-electron chi connectivity index (χ2n) is 7.26. The first kappa shape index (κ1) is 14.7. The molecule has 2 aliphatic rings. The van der Waals surface area contributed by atoms with Crippen LogP contribution in [0.25, 0.3) is 0 Å². The van der Waals surface area contributed by atoms with Crippen molar-refractivity contribution >= 4 is 14.9 Å². The van der Waals surface area contributed by atoms with Gasteiger partial charge in [0.1, 0.15) is 0 Å². The van der Waals surface area contributed by atoms with Crippen LogP contribution in [-0.2, 0) is 5.16 Å². The van der Waals surface area contributed by atoms with Gasteiger partial charge in [-0.2, -0.15) is 0 Å². The fourth-order valence-corrected chi connectivity index (χ4v) is 3.62. The van der Waals surface area contributed by atoms with E-state index in [1.54, 1.807) is 0 Å². The highest BCUT2D eigenvalue weighted by Crippen LogP contribution is 2.43. The molecule has 0 saturated carbocycles. The number of hydrogen-bond acceptors (Lipinski definition) is 2. The van der Waals surface area contributed by atoms with Crippen LogP contribution < -0.4 is 10.6 Å². The Kier molecular flexibility index (Phi) is 3.41. The average molecular weight is 300 g/mol. The molecule has 1 aromatic rings. The number of anilines is 1. The molecule has 0 bridgehead atoms. The summed E-state index contributed by atoms with van der Waals surface area (Å²) in [6, 6.07) is 8.98. The standard InChI is InChI=1S/C18H25N2P/c1-17(2,21)13-5-8-16(9-6-13)20-11-14-4-7-15(19)10-18(14,3)12-20/h4-10,14H,11-12,19,21H2,1-3H3/t14?,18-/m1/s1. The van der Waals surface area contributed by atoms with E-state index in [1.165, 1.54) is 11.3 Å². The van der Waals surface area contributed by atoms with Crippen LogP contribution in [0.1, 0.15) is 26.3 Å². The van der Waals surface area contributed by atoms with Crippen molar-refractivity contribution in [3.63, 3.8) is 0 Å². The van der Waals surface area contributed by atoms with Crippen LogP contribution in [0.15, 0.2) is 48.2 Å². The molecule has 2 unspecified atom stereocenters. The van der Waals surface area contributed by atoms with Gasteiger partial charge in [-0.25, -0.2) is 0 Å². The lowest BCUT2D eigenvalue weighted by Crippen LogP contribution is -2.27. The Morgan fingerprint density at radius 2 is 1.95 bits per heavy atom. The highest BCUT2D eigenvalue weighted by Gasteiger charge is 2.41. The van der Waals surface area contributed by atoms with Crippen molar-refractivity contribution in [3.05, 3.63) is 53.8 Å². The predicted molar refractivity (Wildman–Crippen MR) is 94.4 cm³/mol. The van der Waals surface area contributed by atoms with Gasteiger partial charge in [0.25, 0.3) is 0 Å². The first-order chi connectivity index (χ1) is 9.78. The molecule has 1 saturated heterocycles. The largest absolute Gasteiger partial charge is 0.399 e. The summed E-state index contributed by atoms with van der Waals surface area (Å²) in [4.78, 5) is 2.48. The molecule has 2 nitrogen and oxygen atoms in total. The maximum absolute atomic E-state index is 5.98. The van der Waals surface area contributed by atoms with Gasteiger partial charge in [-0.05, 0) is 23.8 Å². The van der Waals surface area contributed by atoms with Crippen LogP contribution in [0.2, 0.25) is 0 Å². The van der Waals surface area contributed by atoms with Crippen molar-refractivity contribution in [2.45, 2.75) is 25.9 Å². The molecule has 0 amide bonds. The summed E-state index contributed by atoms with van der Waals surface area (Å²) in [5, 5.41) is 0.128. The highest BCUT2D eigenvalue weighted by atomic mass is 31.0. The molecule has 1 heterocycles. The van der Waals surface area contributed by atoms with Gasteiger partial charge < -0.3 is 10.6 Å². The molecule has 112 valence electrons. The lowest BCUT2D eigenvalue weighted by Gasteiger charge is -2.28. The molecule has 1 aliphatic heterocycles. The van der Waals surface area contributed by atoms with Crippen LogP contribution in [-0.4, -0.2) is 13.1 Å². The number of nitrogens with two attached hydrogens (primary N) is 1. The lowest BCUT2D eigenvalue weighted by molar-refractivity contribution is 0.391. The Bertz CT molecular complexity index is 595. The first-order valence-corrected chi connectivity index (χ1v) is 8.17. The van der Waals surface area contributed by atoms with Crippen LogP contribution in [0, 0.1) is 11.3 Å². The first-order valence-electron chi connectivity index (χ1n) is 7.59. The van der Waals surface area contributed by atoms with Gasteiger partial charge in [-0.3, -0.25) is 0 Å². The van der Waals surface area contributed by atoms with E-state index in [0.717, 1.165) is 18.8 Å². The minimum absolute atomic E-state index is 0.128. The van der Waals surface area contributed by atoms with Gasteiger partial charge in [0.05, 0.1) is 0 Å². The molecular formula is C18H25N2P. The maximum atomic E-state index is 5.98. The molecule has 1 aliphatic carbocycles. The molecular weight excluding hydrogens is 275 g/mol. The van der Waals surface area contributed by atoms with Crippen LogP contribution in [0.3, 0.4) is 0 Å². The Morgan fingerprint density at radius 1 is 1.29 bits per heavy atom. The fourth-order valence-electron chi connectivity index (χ4n) is 3.43. The van der Waals surface area contributed by atoms with E-state index in [1.807, 2.05) is 0 Å². The third-order valence-electron chi connectivity index (χ3n) is 4.79. The van der Waals surface area contributed by atoms with Gasteiger partial charge in [-0.15, -0.1) is 9.24 Å². The van der Waals surface area contributed by atoms with E-state index in [4.69, 9.17) is 5.73 Å². The number of nitrogens with zero attached hydrogens (tertiary/aromatic N) is 1. The predicted octanol–water partition coefficient (Wildman–Crippen LogP) is 3.65. The van der Waals surface area contributed by atoms with Crippen LogP contribution in [0.4, 0.5) is 5.69 Å². The number of rotatable bonds is 2. The molecule has 3 rings (SSSR count). The molecule has 1 aromatic carbocycles. The number of fused-ring (bicyclic) bond motifs is 1. The van der Waals surface area contributed by atoms with Crippen molar-refractivity contribution in [1.29, 1.82) is 0 Å². The smallest absolute Gasteiger partial charge is 0.0366 e. The highest BCUT2D eigenvalue weighted by molar-refractivity contribution is 7.18. The lowest BCUT2D eigenvalue weighted by atomic mass is 9.76. The minimum atomic E-state index is 0.128. The van der Waals surface area contributed by atoms with E-state index in [0.29, 0.717) is 5.92 Å². The monoisotopic (exact) mass is 300 g/mol. The van der Waals surface area contributed by atoms with Crippen molar-refractivity contribution < 1.29 is 0 Å². The summed E-state index contributed by atoms with van der Waals surface area (Å²) in [6.07, 6.45) is 6.56. The number of benzene rings is 1. The van der Waals surface area contributed by atoms with Gasteiger partial charge in [-0.1, -0.05) is 45.1 Å². The van der Waals surface area contributed by atoms with E-state index in [9.17, 15) is 0 Å². The van der Waals surface area contributed by atoms with Crippen LogP contribution >= 0.6 is 9.24 Å². The second-order valence-corrected chi connectivity index (χ2v) is 8.71. The summed E-state index contributed by atoms with van der Waals surface area (Å²) in [5.74, 6) is 0.558. The maximum Gasteiger partial charge on any atom is 0.0366 e. The van der Waals surface area contributed by atoms with Crippen molar-refractivity contribution in [2.24, 2.45) is 17.1 Å².